The van der Waals surface area contributed by atoms with E-state index < -0.39 is 5.97 Å². The van der Waals surface area contributed by atoms with Gasteiger partial charge < -0.3 is 10.0 Å². The third-order valence-corrected chi connectivity index (χ3v) is 4.64. The number of aryl methyl sites for hydroxylation is 1. The summed E-state index contributed by atoms with van der Waals surface area (Å²) >= 11 is 2.93. The maximum Gasteiger partial charge on any atom is 0.339 e. The van der Waals surface area contributed by atoms with Crippen LogP contribution in [-0.2, 0) is 12.8 Å². The molecule has 102 valence electrons. The van der Waals surface area contributed by atoms with Gasteiger partial charge in [0.15, 0.2) is 4.34 Å². The molecular formula is C10H13N5O2S2. The van der Waals surface area contributed by atoms with Crippen molar-refractivity contribution in [2.75, 3.05) is 19.0 Å². The monoisotopic (exact) mass is 299 g/mol. The lowest BCUT2D eigenvalue weighted by Crippen LogP contribution is -2.07. The number of hydrogen-bond donors (Lipinski definition) is 1. The Bertz CT molecular complexity index is 593. The van der Waals surface area contributed by atoms with Crippen molar-refractivity contribution in [3.8, 4) is 0 Å². The molecule has 0 aliphatic carbocycles. The van der Waals surface area contributed by atoms with Crippen LogP contribution in [0.3, 0.4) is 0 Å². The molecular weight excluding hydrogens is 286 g/mol. The van der Waals surface area contributed by atoms with Crippen LogP contribution in [0, 0.1) is 0 Å². The Kier molecular flexibility index (Phi) is 4.05. The first-order valence-electron chi connectivity index (χ1n) is 5.37. The van der Waals surface area contributed by atoms with Gasteiger partial charge >= 0.3 is 5.97 Å². The van der Waals surface area contributed by atoms with E-state index in [4.69, 9.17) is 5.11 Å². The molecule has 0 aromatic carbocycles. The van der Waals surface area contributed by atoms with Crippen LogP contribution in [0.15, 0.2) is 10.5 Å². The predicted octanol–water partition coefficient (Wildman–Crippen LogP) is 1.33. The molecule has 2 aromatic rings. The van der Waals surface area contributed by atoms with Crippen molar-refractivity contribution in [1.82, 2.24) is 20.0 Å². The number of rotatable bonds is 5. The molecule has 2 rings (SSSR count). The van der Waals surface area contributed by atoms with Crippen molar-refractivity contribution in [3.05, 3.63) is 17.5 Å². The van der Waals surface area contributed by atoms with Crippen LogP contribution in [0.5, 0.6) is 0 Å². The first-order valence-corrected chi connectivity index (χ1v) is 7.17. The van der Waals surface area contributed by atoms with E-state index in [1.54, 1.807) is 11.7 Å². The van der Waals surface area contributed by atoms with E-state index in [1.807, 2.05) is 19.0 Å². The van der Waals surface area contributed by atoms with Crippen molar-refractivity contribution in [2.24, 2.45) is 7.05 Å². The zero-order chi connectivity index (χ0) is 14.0. The van der Waals surface area contributed by atoms with Crippen molar-refractivity contribution in [2.45, 2.75) is 10.1 Å². The Morgan fingerprint density at radius 1 is 1.53 bits per heavy atom. The highest BCUT2D eigenvalue weighted by Crippen LogP contribution is 2.29. The van der Waals surface area contributed by atoms with Crippen LogP contribution in [0.2, 0.25) is 0 Å². The number of thioether (sulfide) groups is 1. The normalized spacial score (nSPS) is 10.7. The first-order chi connectivity index (χ1) is 8.99. The Hall–Kier alpha value is -1.61. The summed E-state index contributed by atoms with van der Waals surface area (Å²) in [6.07, 6.45) is 1.36. The number of carboxylic acid groups (broad SMARTS) is 1. The van der Waals surface area contributed by atoms with Crippen molar-refractivity contribution in [1.29, 1.82) is 0 Å². The quantitative estimate of drug-likeness (QED) is 0.834. The third kappa shape index (κ3) is 3.04. The lowest BCUT2D eigenvalue weighted by molar-refractivity contribution is 0.0696. The fraction of sp³-hybridized carbons (Fsp3) is 0.400. The molecule has 19 heavy (non-hydrogen) atoms. The number of nitrogens with zero attached hydrogens (tertiary/aromatic N) is 5. The standard InChI is InChI=1S/C10H13N5O2S2/c1-14(2)9-12-13-10(19-9)18-5-7-6(8(16)17)4-11-15(7)3/h4H,5H2,1-3H3,(H,16,17). The maximum atomic E-state index is 11.0. The second-order valence-electron chi connectivity index (χ2n) is 3.97. The SMILES string of the molecule is CN(C)c1nnc(SCc2c(C(=O)O)cnn2C)s1. The summed E-state index contributed by atoms with van der Waals surface area (Å²) in [7, 11) is 5.53. The fourth-order valence-corrected chi connectivity index (χ4v) is 3.22. The summed E-state index contributed by atoms with van der Waals surface area (Å²) in [4.78, 5) is 12.9. The van der Waals surface area contributed by atoms with Gasteiger partial charge in [0.1, 0.15) is 5.56 Å². The van der Waals surface area contributed by atoms with Gasteiger partial charge in [-0.3, -0.25) is 4.68 Å². The second-order valence-corrected chi connectivity index (χ2v) is 6.15. The zero-order valence-electron chi connectivity index (χ0n) is 10.7. The van der Waals surface area contributed by atoms with Gasteiger partial charge in [-0.15, -0.1) is 10.2 Å². The van der Waals surface area contributed by atoms with Crippen molar-refractivity contribution < 1.29 is 9.90 Å². The van der Waals surface area contributed by atoms with E-state index in [2.05, 4.69) is 15.3 Å². The molecule has 0 atom stereocenters. The number of hydrogen-bond acceptors (Lipinski definition) is 7. The molecule has 2 aromatic heterocycles. The van der Waals surface area contributed by atoms with Gasteiger partial charge in [0.2, 0.25) is 5.13 Å². The first kappa shape index (κ1) is 13.8. The molecule has 0 saturated heterocycles. The van der Waals surface area contributed by atoms with Crippen molar-refractivity contribution >= 4 is 34.2 Å². The van der Waals surface area contributed by atoms with Gasteiger partial charge in [0, 0.05) is 26.9 Å². The van der Waals surface area contributed by atoms with E-state index in [1.165, 1.54) is 29.3 Å². The van der Waals surface area contributed by atoms with E-state index in [9.17, 15) is 4.79 Å². The minimum atomic E-state index is -0.963. The van der Waals surface area contributed by atoms with E-state index >= 15 is 0 Å². The maximum absolute atomic E-state index is 11.0. The second kappa shape index (κ2) is 5.57. The highest BCUT2D eigenvalue weighted by molar-refractivity contribution is 8.00. The average molecular weight is 299 g/mol. The summed E-state index contributed by atoms with van der Waals surface area (Å²) in [5, 5.41) is 21.9. The molecule has 0 fully saturated rings. The largest absolute Gasteiger partial charge is 0.478 e. The summed E-state index contributed by atoms with van der Waals surface area (Å²) in [5.41, 5.74) is 0.895. The van der Waals surface area contributed by atoms with Crippen molar-refractivity contribution in [3.63, 3.8) is 0 Å². The van der Waals surface area contributed by atoms with Gasteiger partial charge in [-0.1, -0.05) is 23.1 Å². The van der Waals surface area contributed by atoms with Gasteiger partial charge in [-0.05, 0) is 0 Å². The van der Waals surface area contributed by atoms with Crippen LogP contribution in [0.1, 0.15) is 16.1 Å². The molecule has 0 amide bonds. The number of aromatic nitrogens is 4. The topological polar surface area (TPSA) is 84.1 Å². The van der Waals surface area contributed by atoms with E-state index in [-0.39, 0.29) is 5.56 Å². The minimum absolute atomic E-state index is 0.229. The van der Waals surface area contributed by atoms with Gasteiger partial charge in [0.05, 0.1) is 11.9 Å². The van der Waals surface area contributed by atoms with Gasteiger partial charge in [0.25, 0.3) is 0 Å². The molecule has 0 aliphatic rings. The van der Waals surface area contributed by atoms with Gasteiger partial charge in [-0.2, -0.15) is 5.10 Å². The predicted molar refractivity (Wildman–Crippen MR) is 74.0 cm³/mol. The molecule has 0 unspecified atom stereocenters. The summed E-state index contributed by atoms with van der Waals surface area (Å²) in [5.74, 6) is -0.463. The van der Waals surface area contributed by atoms with E-state index in [0.717, 1.165) is 9.47 Å². The summed E-state index contributed by atoms with van der Waals surface area (Å²) < 4.78 is 2.38. The molecule has 1 N–H and O–H groups in total. The number of aromatic carboxylic acids is 1. The van der Waals surface area contributed by atoms with Gasteiger partial charge in [-0.25, -0.2) is 4.79 Å². The summed E-state index contributed by atoms with van der Waals surface area (Å²) in [6, 6.07) is 0. The Balaban J connectivity index is 2.09. The number of carboxylic acids is 1. The molecule has 9 heteroatoms. The highest BCUT2D eigenvalue weighted by atomic mass is 32.2. The molecule has 0 spiro atoms. The smallest absolute Gasteiger partial charge is 0.339 e. The average Bonchev–Trinajstić information content (AvgIpc) is 2.93. The molecule has 0 bridgehead atoms. The fourth-order valence-electron chi connectivity index (χ4n) is 1.38. The molecule has 0 saturated carbocycles. The number of carbonyl (C=O) groups is 1. The van der Waals surface area contributed by atoms with Crippen LogP contribution in [0.25, 0.3) is 0 Å². The lowest BCUT2D eigenvalue weighted by atomic mass is 10.3. The third-order valence-electron chi connectivity index (χ3n) is 2.40. The van der Waals surface area contributed by atoms with E-state index in [0.29, 0.717) is 11.4 Å². The van der Waals surface area contributed by atoms with Crippen LogP contribution >= 0.6 is 23.1 Å². The highest BCUT2D eigenvalue weighted by Gasteiger charge is 2.16. The van der Waals surface area contributed by atoms with Crippen LogP contribution < -0.4 is 4.90 Å². The minimum Gasteiger partial charge on any atom is -0.478 e. The lowest BCUT2D eigenvalue weighted by Gasteiger charge is -2.04. The Labute approximate surface area is 118 Å². The Morgan fingerprint density at radius 3 is 2.84 bits per heavy atom. The van der Waals surface area contributed by atoms with Crippen LogP contribution in [-0.4, -0.2) is 45.1 Å². The Morgan fingerprint density at radius 2 is 2.26 bits per heavy atom. The zero-order valence-corrected chi connectivity index (χ0v) is 12.3. The summed E-state index contributed by atoms with van der Waals surface area (Å²) in [6.45, 7) is 0. The molecule has 0 radical (unpaired) electrons. The molecule has 7 nitrogen and oxygen atoms in total. The molecule has 2 heterocycles. The van der Waals surface area contributed by atoms with Crippen LogP contribution in [0.4, 0.5) is 5.13 Å². The number of anilines is 1. The molecule has 0 aliphatic heterocycles.